The highest BCUT2D eigenvalue weighted by molar-refractivity contribution is 5.53. The first-order valence-electron chi connectivity index (χ1n) is 9.95. The molecule has 0 atom stereocenters. The Balaban J connectivity index is 1.60. The van der Waals surface area contributed by atoms with Crippen LogP contribution in [-0.2, 0) is 6.18 Å². The third-order valence-corrected chi connectivity index (χ3v) is 4.57. The first-order chi connectivity index (χ1) is 15.4. The van der Waals surface area contributed by atoms with Crippen molar-refractivity contribution >= 4 is 28.4 Å². The Morgan fingerprint density at radius 2 is 1.06 bits per heavy atom. The summed E-state index contributed by atoms with van der Waals surface area (Å²) in [7, 11) is 0. The maximum absolute atomic E-state index is 12.6. The molecule has 0 spiro atoms. The topological polar surface area (TPSA) is 72.9 Å². The predicted octanol–water partition coefficient (Wildman–Crippen LogP) is 7.35. The number of rotatable bonds is 8. The molecule has 0 heterocycles. The smallest absolute Gasteiger partial charge is 0.395 e. The number of azo groups is 2. The first-order valence-corrected chi connectivity index (χ1v) is 9.95. The highest BCUT2D eigenvalue weighted by atomic mass is 19.4. The van der Waals surface area contributed by atoms with Gasteiger partial charge in [-0.05, 0) is 79.7 Å². The lowest BCUT2D eigenvalue weighted by atomic mass is 10.2. The van der Waals surface area contributed by atoms with E-state index in [0.29, 0.717) is 29.3 Å². The summed E-state index contributed by atoms with van der Waals surface area (Å²) in [5.74, 6) is 0. The normalized spacial score (nSPS) is 12.0. The molecule has 0 fully saturated rings. The monoisotopic (exact) mass is 441 g/mol. The lowest BCUT2D eigenvalue weighted by Gasteiger charge is -2.21. The van der Waals surface area contributed by atoms with Gasteiger partial charge in [0.1, 0.15) is 0 Å². The molecule has 1 N–H and O–H groups in total. The molecule has 0 radical (unpaired) electrons. The van der Waals surface area contributed by atoms with E-state index in [9.17, 15) is 13.2 Å². The van der Waals surface area contributed by atoms with Gasteiger partial charge in [0.05, 0.1) is 34.9 Å². The van der Waals surface area contributed by atoms with Gasteiger partial charge in [-0.3, -0.25) is 0 Å². The molecule has 6 nitrogen and oxygen atoms in total. The van der Waals surface area contributed by atoms with Crippen LogP contribution in [0.2, 0.25) is 0 Å². The molecule has 0 saturated heterocycles. The zero-order valence-electron chi connectivity index (χ0n) is 17.4. The van der Waals surface area contributed by atoms with Gasteiger partial charge in [0.2, 0.25) is 0 Å². The highest BCUT2D eigenvalue weighted by Crippen LogP contribution is 2.31. The molecule has 3 aromatic carbocycles. The minimum Gasteiger partial charge on any atom is -0.395 e. The maximum Gasteiger partial charge on any atom is 0.416 e. The summed E-state index contributed by atoms with van der Waals surface area (Å²) in [6.07, 6.45) is -4.38. The molecular weight excluding hydrogens is 419 g/mol. The van der Waals surface area contributed by atoms with E-state index in [-0.39, 0.29) is 6.61 Å². The van der Waals surface area contributed by atoms with E-state index < -0.39 is 11.7 Å². The Bertz CT molecular complexity index is 1050. The second kappa shape index (κ2) is 10.6. The number of aliphatic hydroxyl groups excluding tert-OH is 1. The fraction of sp³-hybridized carbons (Fsp3) is 0.217. The van der Waals surface area contributed by atoms with Crippen LogP contribution >= 0.6 is 0 Å². The van der Waals surface area contributed by atoms with Crippen molar-refractivity contribution in [3.8, 4) is 0 Å². The lowest BCUT2D eigenvalue weighted by molar-refractivity contribution is -0.137. The van der Waals surface area contributed by atoms with Crippen LogP contribution in [0, 0.1) is 0 Å². The number of anilines is 1. The standard InChI is InChI=1S/C23H22F3N5O/c1-2-31(15-16-32)22-13-11-21(12-14-22)30-29-20-9-7-19(8-10-20)28-27-18-5-3-17(4-6-18)23(24,25)26/h3-14,32H,2,15-16H2,1H3. The summed E-state index contributed by atoms with van der Waals surface area (Å²) < 4.78 is 37.8. The molecule has 0 aliphatic carbocycles. The zero-order valence-corrected chi connectivity index (χ0v) is 17.4. The van der Waals surface area contributed by atoms with Gasteiger partial charge >= 0.3 is 6.18 Å². The van der Waals surface area contributed by atoms with Crippen LogP contribution in [-0.4, -0.2) is 24.8 Å². The molecule has 3 aromatic rings. The number of hydrogen-bond donors (Lipinski definition) is 1. The molecule has 0 unspecified atom stereocenters. The molecule has 0 saturated carbocycles. The fourth-order valence-electron chi connectivity index (χ4n) is 2.85. The van der Waals surface area contributed by atoms with Gasteiger partial charge in [0.15, 0.2) is 0 Å². The molecule has 32 heavy (non-hydrogen) atoms. The van der Waals surface area contributed by atoms with Crippen LogP contribution in [0.5, 0.6) is 0 Å². The summed E-state index contributed by atoms with van der Waals surface area (Å²) in [5.41, 5.74) is 2.46. The predicted molar refractivity (Wildman–Crippen MR) is 118 cm³/mol. The van der Waals surface area contributed by atoms with E-state index in [4.69, 9.17) is 5.11 Å². The average Bonchev–Trinajstić information content (AvgIpc) is 2.80. The summed E-state index contributed by atoms with van der Waals surface area (Å²) in [6.45, 7) is 3.48. The fourth-order valence-corrected chi connectivity index (χ4v) is 2.85. The Labute approximate surface area is 183 Å². The van der Waals surface area contributed by atoms with Crippen LogP contribution in [0.25, 0.3) is 0 Å². The van der Waals surface area contributed by atoms with E-state index in [1.165, 1.54) is 12.1 Å². The van der Waals surface area contributed by atoms with Crippen molar-refractivity contribution in [3.63, 3.8) is 0 Å². The summed E-state index contributed by atoms with van der Waals surface area (Å²) >= 11 is 0. The first kappa shape index (κ1) is 23.1. The third-order valence-electron chi connectivity index (χ3n) is 4.57. The summed E-state index contributed by atoms with van der Waals surface area (Å²) in [5, 5.41) is 25.5. The van der Waals surface area contributed by atoms with Gasteiger partial charge in [-0.1, -0.05) is 0 Å². The largest absolute Gasteiger partial charge is 0.416 e. The van der Waals surface area contributed by atoms with Crippen molar-refractivity contribution in [2.24, 2.45) is 20.5 Å². The number of aliphatic hydroxyl groups is 1. The molecular formula is C23H22F3N5O. The van der Waals surface area contributed by atoms with Gasteiger partial charge in [-0.15, -0.1) is 0 Å². The molecule has 0 aliphatic heterocycles. The van der Waals surface area contributed by atoms with Crippen LogP contribution in [0.15, 0.2) is 93.3 Å². The van der Waals surface area contributed by atoms with Crippen LogP contribution in [0.3, 0.4) is 0 Å². The van der Waals surface area contributed by atoms with Crippen molar-refractivity contribution in [1.82, 2.24) is 0 Å². The molecule has 0 bridgehead atoms. The Kier molecular flexibility index (Phi) is 7.67. The quantitative estimate of drug-likeness (QED) is 0.371. The van der Waals surface area contributed by atoms with Gasteiger partial charge in [0, 0.05) is 18.8 Å². The van der Waals surface area contributed by atoms with Crippen LogP contribution < -0.4 is 4.90 Å². The number of halogens is 3. The van der Waals surface area contributed by atoms with Gasteiger partial charge in [-0.25, -0.2) is 0 Å². The maximum atomic E-state index is 12.6. The second-order valence-electron chi connectivity index (χ2n) is 6.78. The van der Waals surface area contributed by atoms with Crippen molar-refractivity contribution < 1.29 is 18.3 Å². The van der Waals surface area contributed by atoms with Crippen molar-refractivity contribution in [2.45, 2.75) is 13.1 Å². The Morgan fingerprint density at radius 1 is 0.688 bits per heavy atom. The van der Waals surface area contributed by atoms with E-state index in [2.05, 4.69) is 25.4 Å². The molecule has 0 aromatic heterocycles. The highest BCUT2D eigenvalue weighted by Gasteiger charge is 2.29. The number of hydrogen-bond acceptors (Lipinski definition) is 6. The molecule has 3 rings (SSSR count). The average molecular weight is 441 g/mol. The SMILES string of the molecule is CCN(CCO)c1ccc(N=Nc2ccc(N=Nc3ccc(C(F)(F)F)cc3)cc2)cc1. The van der Waals surface area contributed by atoms with Gasteiger partial charge < -0.3 is 10.0 Å². The second-order valence-corrected chi connectivity index (χ2v) is 6.78. The zero-order chi connectivity index (χ0) is 23.0. The molecule has 0 aliphatic rings. The number of nitrogens with zero attached hydrogens (tertiary/aromatic N) is 5. The van der Waals surface area contributed by atoms with E-state index in [1.807, 2.05) is 31.2 Å². The minimum absolute atomic E-state index is 0.0925. The van der Waals surface area contributed by atoms with Crippen molar-refractivity contribution in [2.75, 3.05) is 24.6 Å². The number of likely N-dealkylation sites (N-methyl/N-ethyl adjacent to an activating group) is 1. The summed E-state index contributed by atoms with van der Waals surface area (Å²) in [4.78, 5) is 2.05. The number of alkyl halides is 3. The van der Waals surface area contributed by atoms with Crippen LogP contribution in [0.1, 0.15) is 12.5 Å². The Morgan fingerprint density at radius 3 is 1.41 bits per heavy atom. The van der Waals surface area contributed by atoms with E-state index >= 15 is 0 Å². The van der Waals surface area contributed by atoms with Crippen molar-refractivity contribution in [1.29, 1.82) is 0 Å². The van der Waals surface area contributed by atoms with E-state index in [0.717, 1.165) is 24.4 Å². The molecule has 9 heteroatoms. The lowest BCUT2D eigenvalue weighted by Crippen LogP contribution is -2.25. The Hall–Kier alpha value is -3.59. The third kappa shape index (κ3) is 6.45. The van der Waals surface area contributed by atoms with Gasteiger partial charge in [-0.2, -0.15) is 33.6 Å². The van der Waals surface area contributed by atoms with E-state index in [1.54, 1.807) is 24.3 Å². The van der Waals surface area contributed by atoms with Gasteiger partial charge in [0.25, 0.3) is 0 Å². The number of benzene rings is 3. The van der Waals surface area contributed by atoms with Crippen LogP contribution in [0.4, 0.5) is 41.6 Å². The van der Waals surface area contributed by atoms with Crippen molar-refractivity contribution in [3.05, 3.63) is 78.4 Å². The summed E-state index contributed by atoms with van der Waals surface area (Å²) in [6, 6.07) is 18.9. The minimum atomic E-state index is -4.38. The molecule has 0 amide bonds. The molecule has 166 valence electrons.